The highest BCUT2D eigenvalue weighted by atomic mass is 16.3. The van der Waals surface area contributed by atoms with Crippen LogP contribution >= 0.6 is 0 Å². The highest BCUT2D eigenvalue weighted by molar-refractivity contribution is 5.65. The second-order valence-corrected chi connectivity index (χ2v) is 4.18. The molecule has 3 N–H and O–H groups in total. The smallest absolute Gasteiger partial charge is 0.171 e. The molecule has 6 heteroatoms. The first-order chi connectivity index (χ1) is 8.22. The topological polar surface area (TPSA) is 91.1 Å². The maximum atomic E-state index is 9.30. The van der Waals surface area contributed by atoms with E-state index in [1.807, 2.05) is 11.8 Å². The number of rotatable bonds is 3. The van der Waals surface area contributed by atoms with Gasteiger partial charge >= 0.3 is 0 Å². The summed E-state index contributed by atoms with van der Waals surface area (Å²) in [6.07, 6.45) is 1.94. The first-order valence-corrected chi connectivity index (χ1v) is 5.86. The minimum atomic E-state index is 0.0571. The number of hydrogen-bond donors (Lipinski definition) is 2. The molecule has 2 heterocycles. The standard InChI is InChI=1S/C11H17N5O/c1-2-16-10(13)9(6-12)11(14-16)15-5-3-4-8(15)7-17/h8,17H,2-5,7,13H2,1H3. The second kappa shape index (κ2) is 4.63. The number of nitriles is 1. The van der Waals surface area contributed by atoms with E-state index in [9.17, 15) is 5.11 Å². The summed E-state index contributed by atoms with van der Waals surface area (Å²) in [6.45, 7) is 3.48. The summed E-state index contributed by atoms with van der Waals surface area (Å²) >= 11 is 0. The minimum Gasteiger partial charge on any atom is -0.394 e. The van der Waals surface area contributed by atoms with Crippen molar-refractivity contribution in [3.63, 3.8) is 0 Å². The van der Waals surface area contributed by atoms with E-state index in [1.165, 1.54) is 0 Å². The van der Waals surface area contributed by atoms with E-state index in [-0.39, 0.29) is 12.6 Å². The van der Waals surface area contributed by atoms with Gasteiger partial charge in [-0.2, -0.15) is 10.4 Å². The van der Waals surface area contributed by atoms with E-state index in [2.05, 4.69) is 11.2 Å². The number of nitrogens with zero attached hydrogens (tertiary/aromatic N) is 4. The molecule has 17 heavy (non-hydrogen) atoms. The van der Waals surface area contributed by atoms with Gasteiger partial charge in [0.25, 0.3) is 0 Å². The summed E-state index contributed by atoms with van der Waals surface area (Å²) in [5.74, 6) is 1.02. The number of aliphatic hydroxyl groups excluding tert-OH is 1. The number of nitrogens with two attached hydrogens (primary N) is 1. The average Bonchev–Trinajstić information content (AvgIpc) is 2.92. The molecule has 0 amide bonds. The summed E-state index contributed by atoms with van der Waals surface area (Å²) in [5.41, 5.74) is 6.29. The van der Waals surface area contributed by atoms with E-state index < -0.39 is 0 Å². The third-order valence-electron chi connectivity index (χ3n) is 3.24. The van der Waals surface area contributed by atoms with Gasteiger partial charge in [-0.15, -0.1) is 0 Å². The summed E-state index contributed by atoms with van der Waals surface area (Å²) < 4.78 is 1.63. The Morgan fingerprint density at radius 1 is 1.65 bits per heavy atom. The van der Waals surface area contributed by atoms with Crippen LogP contribution in [0, 0.1) is 11.3 Å². The lowest BCUT2D eigenvalue weighted by Crippen LogP contribution is -2.33. The van der Waals surface area contributed by atoms with Gasteiger partial charge in [-0.05, 0) is 19.8 Å². The lowest BCUT2D eigenvalue weighted by atomic mass is 10.2. The monoisotopic (exact) mass is 235 g/mol. The molecule has 1 aliphatic heterocycles. The Kier molecular flexibility index (Phi) is 3.20. The molecule has 1 aromatic heterocycles. The van der Waals surface area contributed by atoms with Gasteiger partial charge in [-0.3, -0.25) is 0 Å². The average molecular weight is 235 g/mol. The van der Waals surface area contributed by atoms with Gasteiger partial charge in [-0.25, -0.2) is 4.68 Å². The lowest BCUT2D eigenvalue weighted by Gasteiger charge is -2.22. The molecule has 0 saturated carbocycles. The highest BCUT2D eigenvalue weighted by Gasteiger charge is 2.29. The van der Waals surface area contributed by atoms with Crippen molar-refractivity contribution in [3.05, 3.63) is 5.56 Å². The first kappa shape index (κ1) is 11.7. The van der Waals surface area contributed by atoms with Crippen molar-refractivity contribution in [1.29, 1.82) is 5.26 Å². The van der Waals surface area contributed by atoms with Crippen LogP contribution in [0.5, 0.6) is 0 Å². The molecule has 0 radical (unpaired) electrons. The maximum Gasteiger partial charge on any atom is 0.171 e. The lowest BCUT2D eigenvalue weighted by molar-refractivity contribution is 0.266. The van der Waals surface area contributed by atoms with Crippen molar-refractivity contribution < 1.29 is 5.11 Å². The van der Waals surface area contributed by atoms with Crippen LogP contribution in [0.25, 0.3) is 0 Å². The predicted molar refractivity (Wildman–Crippen MR) is 64.5 cm³/mol. The van der Waals surface area contributed by atoms with E-state index >= 15 is 0 Å². The number of aromatic nitrogens is 2. The molecule has 2 rings (SSSR count). The molecule has 1 saturated heterocycles. The largest absolute Gasteiger partial charge is 0.394 e. The van der Waals surface area contributed by atoms with Gasteiger partial charge in [0.1, 0.15) is 17.5 Å². The summed E-state index contributed by atoms with van der Waals surface area (Å²) in [5, 5.41) is 22.8. The second-order valence-electron chi connectivity index (χ2n) is 4.18. The van der Waals surface area contributed by atoms with E-state index in [0.717, 1.165) is 19.4 Å². The molecular weight excluding hydrogens is 218 g/mol. The highest BCUT2D eigenvalue weighted by Crippen LogP contribution is 2.30. The van der Waals surface area contributed by atoms with Crippen LogP contribution in [-0.4, -0.2) is 34.1 Å². The van der Waals surface area contributed by atoms with Crippen LogP contribution in [0.15, 0.2) is 0 Å². The number of aryl methyl sites for hydroxylation is 1. The Hall–Kier alpha value is -1.74. The van der Waals surface area contributed by atoms with Gasteiger partial charge in [-0.1, -0.05) is 0 Å². The van der Waals surface area contributed by atoms with Crippen molar-refractivity contribution in [2.24, 2.45) is 0 Å². The molecule has 0 spiro atoms. The number of anilines is 2. The fourth-order valence-corrected chi connectivity index (χ4v) is 2.32. The van der Waals surface area contributed by atoms with Crippen LogP contribution in [0.2, 0.25) is 0 Å². The van der Waals surface area contributed by atoms with E-state index in [0.29, 0.717) is 23.7 Å². The third-order valence-corrected chi connectivity index (χ3v) is 3.24. The molecule has 1 aromatic rings. The molecule has 0 aliphatic carbocycles. The van der Waals surface area contributed by atoms with Gasteiger partial charge in [0.05, 0.1) is 12.6 Å². The van der Waals surface area contributed by atoms with Crippen molar-refractivity contribution in [1.82, 2.24) is 9.78 Å². The van der Waals surface area contributed by atoms with Crippen molar-refractivity contribution in [3.8, 4) is 6.07 Å². The SMILES string of the molecule is CCn1nc(N2CCCC2CO)c(C#N)c1N. The Bertz CT molecular complexity index is 447. The Morgan fingerprint density at radius 3 is 3.00 bits per heavy atom. The Morgan fingerprint density at radius 2 is 2.41 bits per heavy atom. The Balaban J connectivity index is 2.41. The van der Waals surface area contributed by atoms with E-state index in [4.69, 9.17) is 11.0 Å². The molecule has 1 unspecified atom stereocenters. The van der Waals surface area contributed by atoms with Crippen LogP contribution < -0.4 is 10.6 Å². The Labute approximate surface area is 100 Å². The zero-order valence-corrected chi connectivity index (χ0v) is 9.93. The molecule has 0 aromatic carbocycles. The van der Waals surface area contributed by atoms with Gasteiger partial charge < -0.3 is 15.7 Å². The third kappa shape index (κ3) is 1.83. The van der Waals surface area contributed by atoms with Gasteiger partial charge in [0.15, 0.2) is 5.82 Å². The zero-order valence-electron chi connectivity index (χ0n) is 9.93. The predicted octanol–water partition coefficient (Wildman–Crippen LogP) is 0.318. The maximum absolute atomic E-state index is 9.30. The molecule has 1 fully saturated rings. The van der Waals surface area contributed by atoms with Crippen LogP contribution in [0.4, 0.5) is 11.6 Å². The summed E-state index contributed by atoms with van der Waals surface area (Å²) in [4.78, 5) is 1.99. The summed E-state index contributed by atoms with van der Waals surface area (Å²) in [6, 6.07) is 2.17. The normalized spacial score (nSPS) is 19.6. The summed E-state index contributed by atoms with van der Waals surface area (Å²) in [7, 11) is 0. The molecule has 1 atom stereocenters. The number of aliphatic hydroxyl groups is 1. The first-order valence-electron chi connectivity index (χ1n) is 5.86. The van der Waals surface area contributed by atoms with Crippen molar-refractivity contribution in [2.75, 3.05) is 23.8 Å². The molecule has 6 nitrogen and oxygen atoms in total. The fraction of sp³-hybridized carbons (Fsp3) is 0.636. The zero-order chi connectivity index (χ0) is 12.4. The number of nitrogen functional groups attached to an aromatic ring is 1. The van der Waals surface area contributed by atoms with E-state index in [1.54, 1.807) is 4.68 Å². The van der Waals surface area contributed by atoms with Crippen LogP contribution in [0.1, 0.15) is 25.3 Å². The van der Waals surface area contributed by atoms with Gasteiger partial charge in [0, 0.05) is 13.1 Å². The molecular formula is C11H17N5O. The van der Waals surface area contributed by atoms with Crippen LogP contribution in [0.3, 0.4) is 0 Å². The van der Waals surface area contributed by atoms with Crippen molar-refractivity contribution >= 4 is 11.6 Å². The van der Waals surface area contributed by atoms with Gasteiger partial charge in [0.2, 0.25) is 0 Å². The number of hydrogen-bond acceptors (Lipinski definition) is 5. The minimum absolute atomic E-state index is 0.0571. The van der Waals surface area contributed by atoms with Crippen molar-refractivity contribution in [2.45, 2.75) is 32.4 Å². The fourth-order valence-electron chi connectivity index (χ4n) is 2.32. The molecule has 1 aliphatic rings. The quantitative estimate of drug-likeness (QED) is 0.787. The van der Waals surface area contributed by atoms with Crippen LogP contribution in [-0.2, 0) is 6.54 Å². The molecule has 0 bridgehead atoms. The molecule has 92 valence electrons.